The molecule has 1 aromatic heterocycles. The highest BCUT2D eigenvalue weighted by Gasteiger charge is 2.11. The Bertz CT molecular complexity index is 286. The molecule has 2 nitrogen and oxygen atoms in total. The molecule has 0 N–H and O–H groups in total. The SMILES string of the molecule is Ic1ncnc2c1CCCCC2. The van der Waals surface area contributed by atoms with Crippen LogP contribution >= 0.6 is 22.6 Å². The molecule has 0 fully saturated rings. The summed E-state index contributed by atoms with van der Waals surface area (Å²) in [7, 11) is 0. The average Bonchev–Trinajstić information content (AvgIpc) is 2.30. The molecule has 3 heteroatoms. The molecule has 1 aliphatic carbocycles. The Morgan fingerprint density at radius 3 is 2.83 bits per heavy atom. The zero-order valence-electron chi connectivity index (χ0n) is 6.89. The van der Waals surface area contributed by atoms with Gasteiger partial charge in [-0.2, -0.15) is 0 Å². The average molecular weight is 274 g/mol. The summed E-state index contributed by atoms with van der Waals surface area (Å²) in [5.41, 5.74) is 2.68. The number of hydrogen-bond acceptors (Lipinski definition) is 2. The highest BCUT2D eigenvalue weighted by Crippen LogP contribution is 2.21. The van der Waals surface area contributed by atoms with Gasteiger partial charge >= 0.3 is 0 Å². The summed E-state index contributed by atoms with van der Waals surface area (Å²) in [5.74, 6) is 0. The van der Waals surface area contributed by atoms with Crippen molar-refractivity contribution in [3.63, 3.8) is 0 Å². The van der Waals surface area contributed by atoms with Crippen LogP contribution in [0.3, 0.4) is 0 Å². The van der Waals surface area contributed by atoms with Crippen LogP contribution in [0.15, 0.2) is 6.33 Å². The fourth-order valence-corrected chi connectivity index (χ4v) is 2.36. The van der Waals surface area contributed by atoms with E-state index in [9.17, 15) is 0 Å². The molecule has 0 atom stereocenters. The van der Waals surface area contributed by atoms with Crippen molar-refractivity contribution in [1.82, 2.24) is 9.97 Å². The van der Waals surface area contributed by atoms with Crippen LogP contribution in [0.2, 0.25) is 0 Å². The van der Waals surface area contributed by atoms with Gasteiger partial charge in [0, 0.05) is 11.3 Å². The topological polar surface area (TPSA) is 25.8 Å². The predicted octanol–water partition coefficient (Wildman–Crippen LogP) is 2.35. The summed E-state index contributed by atoms with van der Waals surface area (Å²) in [6.07, 6.45) is 7.94. The zero-order chi connectivity index (χ0) is 8.39. The molecule has 2 rings (SSSR count). The molecule has 0 spiro atoms. The van der Waals surface area contributed by atoms with E-state index in [4.69, 9.17) is 0 Å². The number of rotatable bonds is 0. The number of fused-ring (bicyclic) bond motifs is 1. The Morgan fingerprint density at radius 2 is 1.92 bits per heavy atom. The van der Waals surface area contributed by atoms with Crippen LogP contribution in [0.5, 0.6) is 0 Å². The maximum Gasteiger partial charge on any atom is 0.116 e. The summed E-state index contributed by atoms with van der Waals surface area (Å²) >= 11 is 2.31. The first-order chi connectivity index (χ1) is 5.88. The van der Waals surface area contributed by atoms with Crippen LogP contribution in [0, 0.1) is 3.70 Å². The number of hydrogen-bond donors (Lipinski definition) is 0. The van der Waals surface area contributed by atoms with Crippen molar-refractivity contribution in [3.05, 3.63) is 21.3 Å². The molecule has 0 aliphatic heterocycles. The minimum absolute atomic E-state index is 1.15. The third-order valence-electron chi connectivity index (χ3n) is 2.32. The second-order valence-electron chi connectivity index (χ2n) is 3.15. The van der Waals surface area contributed by atoms with E-state index in [-0.39, 0.29) is 0 Å². The van der Waals surface area contributed by atoms with Gasteiger partial charge in [-0.1, -0.05) is 6.42 Å². The highest BCUT2D eigenvalue weighted by molar-refractivity contribution is 14.1. The van der Waals surface area contributed by atoms with E-state index in [0.29, 0.717) is 0 Å². The second kappa shape index (κ2) is 3.68. The maximum atomic E-state index is 4.32. The van der Waals surface area contributed by atoms with Crippen LogP contribution in [-0.2, 0) is 12.8 Å². The van der Waals surface area contributed by atoms with Gasteiger partial charge in [0.1, 0.15) is 10.0 Å². The molecule has 0 saturated heterocycles. The fourth-order valence-electron chi connectivity index (χ4n) is 1.66. The van der Waals surface area contributed by atoms with Crippen LogP contribution in [0.25, 0.3) is 0 Å². The summed E-state index contributed by atoms with van der Waals surface area (Å²) in [4.78, 5) is 8.53. The van der Waals surface area contributed by atoms with E-state index in [0.717, 1.165) is 10.1 Å². The van der Waals surface area contributed by atoms with Gasteiger partial charge in [0.05, 0.1) is 0 Å². The summed E-state index contributed by atoms with van der Waals surface area (Å²) < 4.78 is 1.15. The van der Waals surface area contributed by atoms with Gasteiger partial charge in [-0.15, -0.1) is 0 Å². The normalized spacial score (nSPS) is 16.8. The Kier molecular flexibility index (Phi) is 2.58. The minimum atomic E-state index is 1.15. The summed E-state index contributed by atoms with van der Waals surface area (Å²) in [5, 5.41) is 0. The Morgan fingerprint density at radius 1 is 1.08 bits per heavy atom. The Balaban J connectivity index is 2.42. The second-order valence-corrected chi connectivity index (χ2v) is 4.17. The smallest absolute Gasteiger partial charge is 0.116 e. The van der Waals surface area contributed by atoms with Crippen LogP contribution in [-0.4, -0.2) is 9.97 Å². The number of halogens is 1. The first-order valence-electron chi connectivity index (χ1n) is 4.36. The summed E-state index contributed by atoms with van der Waals surface area (Å²) in [6, 6.07) is 0. The molecule has 1 aliphatic rings. The molecule has 12 heavy (non-hydrogen) atoms. The van der Waals surface area contributed by atoms with E-state index in [2.05, 4.69) is 32.6 Å². The van der Waals surface area contributed by atoms with Gasteiger partial charge < -0.3 is 0 Å². The molecule has 0 radical (unpaired) electrons. The molecule has 0 bridgehead atoms. The van der Waals surface area contributed by atoms with Crippen LogP contribution in [0.4, 0.5) is 0 Å². The van der Waals surface area contributed by atoms with Crippen LogP contribution < -0.4 is 0 Å². The Labute approximate surface area is 86.0 Å². The fraction of sp³-hybridized carbons (Fsp3) is 0.556. The van der Waals surface area contributed by atoms with Gasteiger partial charge in [0.25, 0.3) is 0 Å². The molecule has 1 heterocycles. The predicted molar refractivity (Wildman–Crippen MR) is 56.0 cm³/mol. The third-order valence-corrected chi connectivity index (χ3v) is 3.25. The van der Waals surface area contributed by atoms with Crippen molar-refractivity contribution >= 4 is 22.6 Å². The van der Waals surface area contributed by atoms with Crippen molar-refractivity contribution in [2.75, 3.05) is 0 Å². The quantitative estimate of drug-likeness (QED) is 0.412. The molecular weight excluding hydrogens is 263 g/mol. The lowest BCUT2D eigenvalue weighted by Crippen LogP contribution is -2.00. The van der Waals surface area contributed by atoms with Crippen molar-refractivity contribution in [3.8, 4) is 0 Å². The van der Waals surface area contributed by atoms with Gasteiger partial charge in [0.2, 0.25) is 0 Å². The zero-order valence-corrected chi connectivity index (χ0v) is 9.04. The molecule has 0 amide bonds. The molecule has 1 aromatic rings. The van der Waals surface area contributed by atoms with Crippen molar-refractivity contribution in [1.29, 1.82) is 0 Å². The first-order valence-corrected chi connectivity index (χ1v) is 5.44. The maximum absolute atomic E-state index is 4.32. The van der Waals surface area contributed by atoms with Gasteiger partial charge in [-0.25, -0.2) is 9.97 Å². The van der Waals surface area contributed by atoms with Gasteiger partial charge in [-0.3, -0.25) is 0 Å². The number of aryl methyl sites for hydroxylation is 1. The van der Waals surface area contributed by atoms with E-state index >= 15 is 0 Å². The van der Waals surface area contributed by atoms with Crippen molar-refractivity contribution in [2.24, 2.45) is 0 Å². The van der Waals surface area contributed by atoms with E-state index in [1.165, 1.54) is 36.9 Å². The van der Waals surface area contributed by atoms with Gasteiger partial charge in [0.15, 0.2) is 0 Å². The molecule has 0 aromatic carbocycles. The van der Waals surface area contributed by atoms with Crippen molar-refractivity contribution in [2.45, 2.75) is 32.1 Å². The third kappa shape index (κ3) is 1.60. The van der Waals surface area contributed by atoms with E-state index in [1.54, 1.807) is 6.33 Å². The van der Waals surface area contributed by atoms with E-state index in [1.807, 2.05) is 0 Å². The Hall–Kier alpha value is -0.190. The first kappa shape index (κ1) is 8.41. The van der Waals surface area contributed by atoms with Gasteiger partial charge in [-0.05, 0) is 48.3 Å². The largest absolute Gasteiger partial charge is 0.241 e. The lowest BCUT2D eigenvalue weighted by atomic mass is 10.1. The van der Waals surface area contributed by atoms with Crippen molar-refractivity contribution < 1.29 is 0 Å². The minimum Gasteiger partial charge on any atom is -0.241 e. The van der Waals surface area contributed by atoms with E-state index < -0.39 is 0 Å². The lowest BCUT2D eigenvalue weighted by molar-refractivity contribution is 0.708. The standard InChI is InChI=1S/C9H11IN2/c10-9-7-4-2-1-3-5-8(7)11-6-12-9/h6H,1-5H2. The highest BCUT2D eigenvalue weighted by atomic mass is 127. The summed E-state index contributed by atoms with van der Waals surface area (Å²) in [6.45, 7) is 0. The number of nitrogens with zero attached hydrogens (tertiary/aromatic N) is 2. The molecule has 0 saturated carbocycles. The molecule has 64 valence electrons. The molecule has 0 unspecified atom stereocenters. The number of aromatic nitrogens is 2. The lowest BCUT2D eigenvalue weighted by Gasteiger charge is -2.04. The van der Waals surface area contributed by atoms with Crippen LogP contribution in [0.1, 0.15) is 30.5 Å². The molecular formula is C9H11IN2. The monoisotopic (exact) mass is 274 g/mol.